The van der Waals surface area contributed by atoms with Crippen LogP contribution in [-0.2, 0) is 6.42 Å². The zero-order chi connectivity index (χ0) is 20.7. The van der Waals surface area contributed by atoms with Gasteiger partial charge in [0.05, 0.1) is 10.0 Å². The van der Waals surface area contributed by atoms with Crippen LogP contribution in [0.15, 0.2) is 35.1 Å². The maximum Gasteiger partial charge on any atom is 0.356 e. The van der Waals surface area contributed by atoms with Crippen molar-refractivity contribution in [1.29, 1.82) is 0 Å². The molecule has 3 heterocycles. The highest BCUT2D eigenvalue weighted by molar-refractivity contribution is 9.10. The number of carbonyl (C=O) groups is 1. The third-order valence-electron chi connectivity index (χ3n) is 4.77. The average molecular weight is 498 g/mol. The average Bonchev–Trinajstić information content (AvgIpc) is 3.37. The van der Waals surface area contributed by atoms with Crippen molar-refractivity contribution < 1.29 is 19.4 Å². The number of halogens is 2. The Labute approximate surface area is 185 Å². The Hall–Kier alpha value is -2.03. The number of fused-ring (bicyclic) bond motifs is 1. The van der Waals surface area contributed by atoms with Crippen LogP contribution in [0.2, 0.25) is 4.34 Å². The molecule has 1 unspecified atom stereocenters. The van der Waals surface area contributed by atoms with Gasteiger partial charge in [0, 0.05) is 16.8 Å². The van der Waals surface area contributed by atoms with Crippen LogP contribution in [-0.4, -0.2) is 27.4 Å². The Morgan fingerprint density at radius 2 is 2.07 bits per heavy atom. The van der Waals surface area contributed by atoms with Crippen LogP contribution in [0.25, 0.3) is 0 Å². The second kappa shape index (κ2) is 8.01. The highest BCUT2D eigenvalue weighted by atomic mass is 79.9. The van der Waals surface area contributed by atoms with Gasteiger partial charge >= 0.3 is 5.97 Å². The molecule has 0 fully saturated rings. The molecule has 29 heavy (non-hydrogen) atoms. The first-order chi connectivity index (χ1) is 13.8. The monoisotopic (exact) mass is 496 g/mol. The van der Waals surface area contributed by atoms with E-state index >= 15 is 0 Å². The predicted molar refractivity (Wildman–Crippen MR) is 115 cm³/mol. The predicted octanol–water partition coefficient (Wildman–Crippen LogP) is 5.74. The molecule has 1 aliphatic rings. The highest BCUT2D eigenvalue weighted by Crippen LogP contribution is 2.40. The van der Waals surface area contributed by atoms with Crippen LogP contribution in [0.3, 0.4) is 0 Å². The van der Waals surface area contributed by atoms with Gasteiger partial charge in [0.25, 0.3) is 0 Å². The van der Waals surface area contributed by atoms with Crippen molar-refractivity contribution in [3.8, 4) is 11.5 Å². The number of hydrogen-bond acceptors (Lipinski definition) is 5. The summed E-state index contributed by atoms with van der Waals surface area (Å²) in [6, 6.07) is 9.60. The zero-order valence-corrected chi connectivity index (χ0v) is 18.8. The molecule has 1 aromatic carbocycles. The van der Waals surface area contributed by atoms with E-state index in [2.05, 4.69) is 20.9 Å². The smallest absolute Gasteiger partial charge is 0.356 e. The van der Waals surface area contributed by atoms with Crippen molar-refractivity contribution in [2.45, 2.75) is 32.2 Å². The molecular weight excluding hydrogens is 480 g/mol. The van der Waals surface area contributed by atoms with Crippen LogP contribution in [0, 0.1) is 0 Å². The van der Waals surface area contributed by atoms with Gasteiger partial charge in [-0.2, -0.15) is 0 Å². The number of rotatable bonds is 6. The molecule has 1 atom stereocenters. The van der Waals surface area contributed by atoms with E-state index in [4.69, 9.17) is 21.1 Å². The summed E-state index contributed by atoms with van der Waals surface area (Å²) in [6.07, 6.45) is 0.568. The molecule has 9 heteroatoms. The van der Waals surface area contributed by atoms with E-state index in [9.17, 15) is 9.90 Å². The lowest BCUT2D eigenvalue weighted by Crippen LogP contribution is -2.16. The lowest BCUT2D eigenvalue weighted by molar-refractivity contribution is 0.0689. The minimum Gasteiger partial charge on any atom is -0.476 e. The summed E-state index contributed by atoms with van der Waals surface area (Å²) in [5.74, 6) is 0.117. The maximum atomic E-state index is 12.0. The molecule has 0 aliphatic carbocycles. The summed E-state index contributed by atoms with van der Waals surface area (Å²) in [7, 11) is 0. The standard InChI is InChI=1S/C20H18BrClN2O4S/c1-10(2)24-18(17(19(25)26)23-20(24)21)12(15-5-6-16(22)29-15)7-11-3-4-13-14(8-11)28-9-27-13/h3-6,8,10,12H,7,9H2,1-2H3,(H,25,26). The number of aromatic nitrogens is 2. The summed E-state index contributed by atoms with van der Waals surface area (Å²) < 4.78 is 14.0. The number of nitrogens with zero attached hydrogens (tertiary/aromatic N) is 2. The molecule has 3 aromatic rings. The molecule has 0 spiro atoms. The van der Waals surface area contributed by atoms with E-state index in [1.165, 1.54) is 11.3 Å². The van der Waals surface area contributed by atoms with Gasteiger partial charge in [-0.05, 0) is 66.0 Å². The number of carboxylic acid groups (broad SMARTS) is 1. The van der Waals surface area contributed by atoms with E-state index in [-0.39, 0.29) is 24.4 Å². The number of benzene rings is 1. The number of carboxylic acids is 1. The number of imidazole rings is 1. The minimum absolute atomic E-state index is 0.0228. The van der Waals surface area contributed by atoms with Crippen LogP contribution in [0.4, 0.5) is 0 Å². The maximum absolute atomic E-state index is 12.0. The molecule has 2 aromatic heterocycles. The molecule has 1 N–H and O–H groups in total. The summed E-state index contributed by atoms with van der Waals surface area (Å²) in [6.45, 7) is 4.21. The third kappa shape index (κ3) is 3.89. The lowest BCUT2D eigenvalue weighted by atomic mass is 9.92. The van der Waals surface area contributed by atoms with Crippen molar-refractivity contribution in [2.24, 2.45) is 0 Å². The Morgan fingerprint density at radius 3 is 2.72 bits per heavy atom. The molecular formula is C20H18BrClN2O4S. The fourth-order valence-corrected chi connectivity index (χ4v) is 5.49. The topological polar surface area (TPSA) is 73.6 Å². The van der Waals surface area contributed by atoms with E-state index in [1.54, 1.807) is 0 Å². The molecule has 0 saturated heterocycles. The van der Waals surface area contributed by atoms with Crippen LogP contribution < -0.4 is 9.47 Å². The molecule has 0 saturated carbocycles. The van der Waals surface area contributed by atoms with Gasteiger partial charge in [0.15, 0.2) is 21.9 Å². The normalized spacial score (nSPS) is 13.8. The molecule has 4 rings (SSSR count). The molecule has 0 amide bonds. The second-order valence-corrected chi connectivity index (χ2v) is 9.43. The zero-order valence-electron chi connectivity index (χ0n) is 15.7. The molecule has 152 valence electrons. The number of thiophene rings is 1. The molecule has 1 aliphatic heterocycles. The van der Waals surface area contributed by atoms with Crippen LogP contribution in [0.5, 0.6) is 11.5 Å². The number of ether oxygens (including phenoxy) is 2. The molecule has 0 radical (unpaired) electrons. The second-order valence-electron chi connectivity index (χ2n) is 6.97. The van der Waals surface area contributed by atoms with Crippen molar-refractivity contribution in [2.75, 3.05) is 6.79 Å². The van der Waals surface area contributed by atoms with Gasteiger partial charge in [-0.1, -0.05) is 17.7 Å². The first-order valence-electron chi connectivity index (χ1n) is 8.99. The molecule has 6 nitrogen and oxygen atoms in total. The quantitative estimate of drug-likeness (QED) is 0.470. The summed E-state index contributed by atoms with van der Waals surface area (Å²) in [5.41, 5.74) is 1.70. The first kappa shape index (κ1) is 20.3. The van der Waals surface area contributed by atoms with E-state index in [0.29, 0.717) is 32.7 Å². The van der Waals surface area contributed by atoms with Gasteiger partial charge < -0.3 is 19.1 Å². The minimum atomic E-state index is -1.06. The Morgan fingerprint density at radius 1 is 1.31 bits per heavy atom. The Balaban J connectivity index is 1.85. The Bertz CT molecular complexity index is 1080. The van der Waals surface area contributed by atoms with E-state index < -0.39 is 5.97 Å². The third-order valence-corrected chi connectivity index (χ3v) is 6.67. The van der Waals surface area contributed by atoms with Crippen LogP contribution >= 0.6 is 38.9 Å². The van der Waals surface area contributed by atoms with Gasteiger partial charge in [-0.25, -0.2) is 9.78 Å². The van der Waals surface area contributed by atoms with Gasteiger partial charge in [-0.3, -0.25) is 0 Å². The largest absolute Gasteiger partial charge is 0.476 e. The Kier molecular flexibility index (Phi) is 5.59. The van der Waals surface area contributed by atoms with E-state index in [1.807, 2.05) is 48.7 Å². The van der Waals surface area contributed by atoms with Gasteiger partial charge in [-0.15, -0.1) is 11.3 Å². The SMILES string of the molecule is CC(C)n1c(Br)nc(C(=O)O)c1C(Cc1ccc2c(c1)OCO2)c1ccc(Cl)s1. The molecule has 0 bridgehead atoms. The first-order valence-corrected chi connectivity index (χ1v) is 11.0. The lowest BCUT2D eigenvalue weighted by Gasteiger charge is -2.22. The van der Waals surface area contributed by atoms with E-state index in [0.717, 1.165) is 10.4 Å². The van der Waals surface area contributed by atoms with Crippen molar-refractivity contribution in [3.63, 3.8) is 0 Å². The van der Waals surface area contributed by atoms with Gasteiger partial charge in [0.1, 0.15) is 0 Å². The van der Waals surface area contributed by atoms with Crippen molar-refractivity contribution in [1.82, 2.24) is 9.55 Å². The van der Waals surface area contributed by atoms with Crippen LogP contribution in [0.1, 0.15) is 52.4 Å². The van der Waals surface area contributed by atoms with Crippen molar-refractivity contribution >= 4 is 44.8 Å². The number of hydrogen-bond donors (Lipinski definition) is 1. The fraction of sp³-hybridized carbons (Fsp3) is 0.300. The summed E-state index contributed by atoms with van der Waals surface area (Å²) in [4.78, 5) is 17.3. The highest BCUT2D eigenvalue weighted by Gasteiger charge is 2.31. The van der Waals surface area contributed by atoms with Gasteiger partial charge in [0.2, 0.25) is 6.79 Å². The summed E-state index contributed by atoms with van der Waals surface area (Å²) >= 11 is 11.1. The summed E-state index contributed by atoms with van der Waals surface area (Å²) in [5, 5.41) is 9.82. The van der Waals surface area contributed by atoms with Crippen molar-refractivity contribution in [3.05, 3.63) is 61.2 Å². The fourth-order valence-electron chi connectivity index (χ4n) is 3.55. The number of aromatic carboxylic acids is 1.